The lowest BCUT2D eigenvalue weighted by Crippen LogP contribution is -2.42. The van der Waals surface area contributed by atoms with Crippen molar-refractivity contribution in [3.05, 3.63) is 23.5 Å². The number of hydrogen-bond donors (Lipinski definition) is 2. The minimum atomic E-state index is -1.71. The zero-order valence-corrected chi connectivity index (χ0v) is 11.9. The second kappa shape index (κ2) is 5.44. The fraction of sp³-hybridized carbons (Fsp3) is 0.643. The van der Waals surface area contributed by atoms with Gasteiger partial charge in [0.1, 0.15) is 5.69 Å². The second-order valence-electron chi connectivity index (χ2n) is 6.44. The molecule has 1 aromatic heterocycles. The molecule has 2 N–H and O–H groups in total. The maximum absolute atomic E-state index is 13.5. The molecule has 1 aliphatic rings. The van der Waals surface area contributed by atoms with Crippen molar-refractivity contribution in [2.75, 3.05) is 11.9 Å². The summed E-state index contributed by atoms with van der Waals surface area (Å²) in [5, 5.41) is 12.7. The fourth-order valence-electron chi connectivity index (χ4n) is 2.46. The van der Waals surface area contributed by atoms with Gasteiger partial charge in [0.2, 0.25) is 11.6 Å². The molecule has 0 saturated heterocycles. The van der Waals surface area contributed by atoms with Crippen molar-refractivity contribution in [1.82, 2.24) is 4.98 Å². The Kier molecular flexibility index (Phi) is 4.15. The molecule has 3 nitrogen and oxygen atoms in total. The third kappa shape index (κ3) is 3.45. The third-order valence-corrected chi connectivity index (χ3v) is 4.13. The number of anilines is 1. The smallest absolute Gasteiger partial charge is 0.253 e. The molecule has 1 aromatic rings. The minimum Gasteiger partial charge on any atom is -0.388 e. The summed E-state index contributed by atoms with van der Waals surface area (Å²) in [5.74, 6) is -6.61. The van der Waals surface area contributed by atoms with Crippen LogP contribution in [0.4, 0.5) is 23.2 Å². The Labute approximate surface area is 120 Å². The highest BCUT2D eigenvalue weighted by Gasteiger charge is 2.37. The lowest BCUT2D eigenvalue weighted by Gasteiger charge is -2.40. The van der Waals surface area contributed by atoms with Crippen molar-refractivity contribution in [2.45, 2.75) is 45.1 Å². The van der Waals surface area contributed by atoms with E-state index in [9.17, 15) is 22.7 Å². The molecule has 1 heterocycles. The molecule has 0 spiro atoms. The van der Waals surface area contributed by atoms with Crippen LogP contribution in [0.5, 0.6) is 0 Å². The molecule has 2 rings (SSSR count). The predicted octanol–water partition coefficient (Wildman–Crippen LogP) is 3.38. The lowest BCUT2D eigenvalue weighted by atomic mass is 9.71. The Morgan fingerprint density at radius 3 is 1.95 bits per heavy atom. The molecule has 0 radical (unpaired) electrons. The van der Waals surface area contributed by atoms with Gasteiger partial charge in [-0.05, 0) is 31.1 Å². The molecule has 118 valence electrons. The van der Waals surface area contributed by atoms with E-state index in [1.807, 2.05) is 0 Å². The van der Waals surface area contributed by atoms with E-state index < -0.39 is 34.8 Å². The first kappa shape index (κ1) is 16.0. The van der Waals surface area contributed by atoms with E-state index in [0.29, 0.717) is 12.8 Å². The molecule has 7 heteroatoms. The summed E-state index contributed by atoms with van der Waals surface area (Å²) >= 11 is 0. The van der Waals surface area contributed by atoms with E-state index in [-0.39, 0.29) is 12.0 Å². The van der Waals surface area contributed by atoms with Crippen LogP contribution in [-0.2, 0) is 0 Å². The highest BCUT2D eigenvalue weighted by molar-refractivity contribution is 5.45. The van der Waals surface area contributed by atoms with Gasteiger partial charge < -0.3 is 10.4 Å². The van der Waals surface area contributed by atoms with Gasteiger partial charge in [0.25, 0.3) is 11.9 Å². The fourth-order valence-corrected chi connectivity index (χ4v) is 2.46. The van der Waals surface area contributed by atoms with Crippen LogP contribution in [0.1, 0.15) is 39.5 Å². The normalized spacial score (nSPS) is 20.3. The van der Waals surface area contributed by atoms with Crippen molar-refractivity contribution in [3.8, 4) is 0 Å². The van der Waals surface area contributed by atoms with Gasteiger partial charge in [0.05, 0.1) is 5.60 Å². The van der Waals surface area contributed by atoms with Gasteiger partial charge in [-0.3, -0.25) is 0 Å². The summed E-state index contributed by atoms with van der Waals surface area (Å²) < 4.78 is 52.9. The first-order valence-corrected chi connectivity index (χ1v) is 6.80. The van der Waals surface area contributed by atoms with Crippen LogP contribution >= 0.6 is 0 Å². The average Bonchev–Trinajstić information content (AvgIpc) is 2.41. The third-order valence-electron chi connectivity index (χ3n) is 4.13. The van der Waals surface area contributed by atoms with E-state index in [0.717, 1.165) is 12.8 Å². The molecular weight excluding hydrogens is 288 g/mol. The van der Waals surface area contributed by atoms with Crippen molar-refractivity contribution in [2.24, 2.45) is 5.41 Å². The lowest BCUT2D eigenvalue weighted by molar-refractivity contribution is -0.0146. The summed E-state index contributed by atoms with van der Waals surface area (Å²) in [5.41, 5.74) is -1.97. The number of rotatable bonds is 3. The summed E-state index contributed by atoms with van der Waals surface area (Å²) in [6.45, 7) is 3.97. The van der Waals surface area contributed by atoms with E-state index in [4.69, 9.17) is 0 Å². The number of pyridine rings is 1. The van der Waals surface area contributed by atoms with Gasteiger partial charge in [-0.2, -0.15) is 22.5 Å². The van der Waals surface area contributed by atoms with Crippen molar-refractivity contribution in [3.63, 3.8) is 0 Å². The van der Waals surface area contributed by atoms with Crippen LogP contribution in [0.3, 0.4) is 0 Å². The van der Waals surface area contributed by atoms with Crippen LogP contribution in [-0.4, -0.2) is 22.2 Å². The Morgan fingerprint density at radius 1 is 1.00 bits per heavy atom. The summed E-state index contributed by atoms with van der Waals surface area (Å²) in [6.07, 6.45) is 2.42. The SMILES string of the molecule is CC1(C)CCC(O)(CNc2c(F)c(F)nc(F)c2F)CC1. The molecule has 21 heavy (non-hydrogen) atoms. The molecule has 0 amide bonds. The zero-order chi connectivity index (χ0) is 15.8. The summed E-state index contributed by atoms with van der Waals surface area (Å²) in [7, 11) is 0. The number of nitrogens with zero attached hydrogens (tertiary/aromatic N) is 1. The number of hydrogen-bond acceptors (Lipinski definition) is 3. The second-order valence-corrected chi connectivity index (χ2v) is 6.44. The minimum absolute atomic E-state index is 0.109. The van der Waals surface area contributed by atoms with Crippen molar-refractivity contribution >= 4 is 5.69 Å². The number of aromatic nitrogens is 1. The van der Waals surface area contributed by atoms with E-state index in [1.165, 1.54) is 0 Å². The highest BCUT2D eigenvalue weighted by atomic mass is 19.2. The molecule has 0 aliphatic heterocycles. The molecule has 1 saturated carbocycles. The van der Waals surface area contributed by atoms with E-state index >= 15 is 0 Å². The Bertz CT molecular complexity index is 512. The topological polar surface area (TPSA) is 45.1 Å². The van der Waals surface area contributed by atoms with Crippen LogP contribution in [0, 0.1) is 28.9 Å². The van der Waals surface area contributed by atoms with Crippen LogP contribution < -0.4 is 5.32 Å². The number of aliphatic hydroxyl groups is 1. The molecule has 0 aromatic carbocycles. The van der Waals surface area contributed by atoms with Crippen LogP contribution in [0.25, 0.3) is 0 Å². The van der Waals surface area contributed by atoms with Crippen molar-refractivity contribution in [1.29, 1.82) is 0 Å². The van der Waals surface area contributed by atoms with Crippen LogP contribution in [0.15, 0.2) is 0 Å². The van der Waals surface area contributed by atoms with Gasteiger partial charge in [0.15, 0.2) is 0 Å². The molecule has 0 atom stereocenters. The van der Waals surface area contributed by atoms with Gasteiger partial charge in [-0.15, -0.1) is 0 Å². The van der Waals surface area contributed by atoms with Gasteiger partial charge >= 0.3 is 0 Å². The molecule has 0 unspecified atom stereocenters. The highest BCUT2D eigenvalue weighted by Crippen LogP contribution is 2.40. The monoisotopic (exact) mass is 306 g/mol. The Morgan fingerprint density at radius 2 is 1.48 bits per heavy atom. The number of halogens is 4. The van der Waals surface area contributed by atoms with Crippen LogP contribution in [0.2, 0.25) is 0 Å². The molecule has 0 bridgehead atoms. The van der Waals surface area contributed by atoms with Gasteiger partial charge in [-0.25, -0.2) is 0 Å². The zero-order valence-electron chi connectivity index (χ0n) is 11.9. The van der Waals surface area contributed by atoms with E-state index in [2.05, 4.69) is 24.1 Å². The standard InChI is InChI=1S/C14H18F4N2O/c1-13(2)3-5-14(21,6-4-13)7-19-10-8(15)11(17)20-12(18)9(10)16/h21H,3-7H2,1-2H3,(H,19,20). The molecule has 1 fully saturated rings. The number of nitrogens with one attached hydrogen (secondary N) is 1. The quantitative estimate of drug-likeness (QED) is 0.665. The molecular formula is C14H18F4N2O. The van der Waals surface area contributed by atoms with Gasteiger partial charge in [-0.1, -0.05) is 13.8 Å². The largest absolute Gasteiger partial charge is 0.388 e. The predicted molar refractivity (Wildman–Crippen MR) is 69.8 cm³/mol. The Balaban J connectivity index is 2.10. The molecule has 1 aliphatic carbocycles. The maximum atomic E-state index is 13.5. The maximum Gasteiger partial charge on any atom is 0.253 e. The van der Waals surface area contributed by atoms with E-state index in [1.54, 1.807) is 0 Å². The van der Waals surface area contributed by atoms with Crippen molar-refractivity contribution < 1.29 is 22.7 Å². The first-order chi connectivity index (χ1) is 9.64. The average molecular weight is 306 g/mol. The Hall–Kier alpha value is -1.37. The summed E-state index contributed by atoms with van der Waals surface area (Å²) in [4.78, 5) is 2.48. The van der Waals surface area contributed by atoms with Gasteiger partial charge in [0, 0.05) is 6.54 Å². The first-order valence-electron chi connectivity index (χ1n) is 6.80. The summed E-state index contributed by atoms with van der Waals surface area (Å²) in [6, 6.07) is 0.